The molecular formula is C17H14ClNO3. The third-order valence-corrected chi connectivity index (χ3v) is 3.09. The van der Waals surface area contributed by atoms with E-state index in [4.69, 9.17) is 11.6 Å². The van der Waals surface area contributed by atoms with Crippen molar-refractivity contribution in [2.24, 2.45) is 0 Å². The van der Waals surface area contributed by atoms with Crippen LogP contribution in [0.25, 0.3) is 6.08 Å². The molecule has 0 saturated carbocycles. The van der Waals surface area contributed by atoms with E-state index >= 15 is 0 Å². The van der Waals surface area contributed by atoms with Gasteiger partial charge in [-0.25, -0.2) is 4.79 Å². The lowest BCUT2D eigenvalue weighted by molar-refractivity contribution is -0.111. The normalized spacial score (nSPS) is 10.5. The maximum absolute atomic E-state index is 11.8. The van der Waals surface area contributed by atoms with Crippen LogP contribution in [0, 0.1) is 0 Å². The van der Waals surface area contributed by atoms with Gasteiger partial charge < -0.3 is 10.1 Å². The van der Waals surface area contributed by atoms with E-state index in [9.17, 15) is 9.59 Å². The smallest absolute Gasteiger partial charge is 0.337 e. The van der Waals surface area contributed by atoms with E-state index in [0.29, 0.717) is 16.3 Å². The number of carbonyl (C=O) groups excluding carboxylic acids is 2. The number of rotatable bonds is 4. The Balaban J connectivity index is 1.99. The predicted molar refractivity (Wildman–Crippen MR) is 86.9 cm³/mol. The molecule has 5 heteroatoms. The van der Waals surface area contributed by atoms with Crippen molar-refractivity contribution in [3.63, 3.8) is 0 Å². The number of carbonyl (C=O) groups is 2. The van der Waals surface area contributed by atoms with Crippen molar-refractivity contribution >= 4 is 35.2 Å². The van der Waals surface area contributed by atoms with Crippen LogP contribution < -0.4 is 5.32 Å². The third-order valence-electron chi connectivity index (χ3n) is 2.85. The zero-order valence-corrected chi connectivity index (χ0v) is 12.6. The van der Waals surface area contributed by atoms with Crippen LogP contribution in [0.3, 0.4) is 0 Å². The number of anilines is 1. The Morgan fingerprint density at radius 3 is 2.50 bits per heavy atom. The fourth-order valence-corrected chi connectivity index (χ4v) is 1.96. The molecule has 0 aromatic heterocycles. The number of halogens is 1. The molecule has 0 saturated heterocycles. The summed E-state index contributed by atoms with van der Waals surface area (Å²) in [6.07, 6.45) is 3.06. The van der Waals surface area contributed by atoms with Crippen molar-refractivity contribution in [1.29, 1.82) is 0 Å². The summed E-state index contributed by atoms with van der Waals surface area (Å²) in [4.78, 5) is 23.1. The van der Waals surface area contributed by atoms with Crippen LogP contribution in [0.4, 0.5) is 5.69 Å². The van der Waals surface area contributed by atoms with E-state index in [-0.39, 0.29) is 5.91 Å². The van der Waals surface area contributed by atoms with Gasteiger partial charge in [0.15, 0.2) is 0 Å². The molecule has 0 bridgehead atoms. The highest BCUT2D eigenvalue weighted by atomic mass is 35.5. The molecule has 0 radical (unpaired) electrons. The van der Waals surface area contributed by atoms with Gasteiger partial charge in [0.25, 0.3) is 0 Å². The standard InChI is InChI=1S/C17H14ClNO3/c1-22-17(21)13-8-5-12(6-9-13)7-10-16(20)19-15-4-2-3-14(18)11-15/h2-11H,1H3,(H,19,20)/b10-7+. The molecule has 4 nitrogen and oxygen atoms in total. The SMILES string of the molecule is COC(=O)c1ccc(/C=C/C(=O)Nc2cccc(Cl)c2)cc1. The quantitative estimate of drug-likeness (QED) is 0.690. The van der Waals surface area contributed by atoms with E-state index < -0.39 is 5.97 Å². The summed E-state index contributed by atoms with van der Waals surface area (Å²) in [5, 5.41) is 3.26. The zero-order valence-electron chi connectivity index (χ0n) is 11.9. The predicted octanol–water partition coefficient (Wildman–Crippen LogP) is 3.78. The van der Waals surface area contributed by atoms with Crippen LogP contribution in [-0.4, -0.2) is 19.0 Å². The fourth-order valence-electron chi connectivity index (χ4n) is 1.77. The largest absolute Gasteiger partial charge is 0.465 e. The van der Waals surface area contributed by atoms with Gasteiger partial charge >= 0.3 is 5.97 Å². The minimum absolute atomic E-state index is 0.265. The summed E-state index contributed by atoms with van der Waals surface area (Å²) < 4.78 is 4.62. The van der Waals surface area contributed by atoms with Gasteiger partial charge in [-0.15, -0.1) is 0 Å². The van der Waals surface area contributed by atoms with Crippen LogP contribution >= 0.6 is 11.6 Å². The Hall–Kier alpha value is -2.59. The first-order chi connectivity index (χ1) is 10.6. The van der Waals surface area contributed by atoms with Gasteiger partial charge in [0, 0.05) is 16.8 Å². The molecule has 1 amide bonds. The molecule has 2 rings (SSSR count). The summed E-state index contributed by atoms with van der Waals surface area (Å²) in [7, 11) is 1.33. The van der Waals surface area contributed by atoms with E-state index in [0.717, 1.165) is 5.56 Å². The number of benzene rings is 2. The molecule has 22 heavy (non-hydrogen) atoms. The average Bonchev–Trinajstić information content (AvgIpc) is 2.52. The highest BCUT2D eigenvalue weighted by Crippen LogP contribution is 2.15. The number of hydrogen-bond acceptors (Lipinski definition) is 3. The summed E-state index contributed by atoms with van der Waals surface area (Å²) in [6.45, 7) is 0. The van der Waals surface area contributed by atoms with Gasteiger partial charge in [0.1, 0.15) is 0 Å². The molecule has 0 aliphatic rings. The summed E-state index contributed by atoms with van der Waals surface area (Å²) in [5.41, 5.74) is 1.89. The van der Waals surface area contributed by atoms with Crippen LogP contribution in [-0.2, 0) is 9.53 Å². The zero-order chi connectivity index (χ0) is 15.9. The topological polar surface area (TPSA) is 55.4 Å². The van der Waals surface area contributed by atoms with Gasteiger partial charge in [-0.2, -0.15) is 0 Å². The maximum atomic E-state index is 11.8. The Morgan fingerprint density at radius 2 is 1.86 bits per heavy atom. The van der Waals surface area contributed by atoms with Gasteiger partial charge in [-0.3, -0.25) is 4.79 Å². The highest BCUT2D eigenvalue weighted by molar-refractivity contribution is 6.30. The molecule has 0 atom stereocenters. The second-order valence-electron chi connectivity index (χ2n) is 4.45. The lowest BCUT2D eigenvalue weighted by Gasteiger charge is -2.02. The number of hydrogen-bond donors (Lipinski definition) is 1. The Kier molecular flexibility index (Phi) is 5.33. The van der Waals surface area contributed by atoms with Crippen molar-refractivity contribution in [3.05, 3.63) is 70.8 Å². The monoisotopic (exact) mass is 315 g/mol. The van der Waals surface area contributed by atoms with Gasteiger partial charge in [-0.05, 0) is 42.0 Å². The fraction of sp³-hybridized carbons (Fsp3) is 0.0588. The highest BCUT2D eigenvalue weighted by Gasteiger charge is 2.03. The Bertz CT molecular complexity index is 708. The number of methoxy groups -OCH3 is 1. The number of nitrogens with one attached hydrogen (secondary N) is 1. The second-order valence-corrected chi connectivity index (χ2v) is 4.88. The third kappa shape index (κ3) is 4.46. The molecule has 2 aromatic carbocycles. The van der Waals surface area contributed by atoms with Crippen LogP contribution in [0.5, 0.6) is 0 Å². The van der Waals surface area contributed by atoms with E-state index in [1.165, 1.54) is 13.2 Å². The van der Waals surface area contributed by atoms with Crippen molar-refractivity contribution in [3.8, 4) is 0 Å². The molecule has 0 fully saturated rings. The van der Waals surface area contributed by atoms with Crippen molar-refractivity contribution in [1.82, 2.24) is 0 Å². The summed E-state index contributed by atoms with van der Waals surface area (Å²) in [5.74, 6) is -0.659. The van der Waals surface area contributed by atoms with Gasteiger partial charge in [-0.1, -0.05) is 29.8 Å². The molecule has 0 aliphatic heterocycles. The Labute approximate surface area is 133 Å². The van der Waals surface area contributed by atoms with Crippen LogP contribution in [0.15, 0.2) is 54.6 Å². The van der Waals surface area contributed by atoms with Gasteiger partial charge in [0.2, 0.25) is 5.91 Å². The number of esters is 1. The Morgan fingerprint density at radius 1 is 1.14 bits per heavy atom. The molecular weight excluding hydrogens is 302 g/mol. The summed E-state index contributed by atoms with van der Waals surface area (Å²) in [6, 6.07) is 13.6. The molecule has 1 N–H and O–H groups in total. The first kappa shape index (κ1) is 15.8. The minimum Gasteiger partial charge on any atom is -0.465 e. The molecule has 0 unspecified atom stereocenters. The second kappa shape index (κ2) is 7.43. The lowest BCUT2D eigenvalue weighted by Crippen LogP contribution is -2.07. The van der Waals surface area contributed by atoms with Crippen molar-refractivity contribution < 1.29 is 14.3 Å². The van der Waals surface area contributed by atoms with E-state index in [1.54, 1.807) is 54.6 Å². The molecule has 112 valence electrons. The lowest BCUT2D eigenvalue weighted by atomic mass is 10.1. The van der Waals surface area contributed by atoms with Crippen LogP contribution in [0.1, 0.15) is 15.9 Å². The first-order valence-corrected chi connectivity index (χ1v) is 6.89. The number of ether oxygens (including phenoxy) is 1. The summed E-state index contributed by atoms with van der Waals surface area (Å²) >= 11 is 5.85. The number of amides is 1. The first-order valence-electron chi connectivity index (χ1n) is 6.51. The molecule has 0 spiro atoms. The van der Waals surface area contributed by atoms with E-state index in [2.05, 4.69) is 10.1 Å². The van der Waals surface area contributed by atoms with E-state index in [1.807, 2.05) is 0 Å². The maximum Gasteiger partial charge on any atom is 0.337 e. The van der Waals surface area contributed by atoms with Crippen molar-refractivity contribution in [2.45, 2.75) is 0 Å². The molecule has 2 aromatic rings. The molecule has 0 aliphatic carbocycles. The average molecular weight is 316 g/mol. The molecule has 0 heterocycles. The van der Waals surface area contributed by atoms with Crippen LogP contribution in [0.2, 0.25) is 5.02 Å². The van der Waals surface area contributed by atoms with Gasteiger partial charge in [0.05, 0.1) is 12.7 Å². The minimum atomic E-state index is -0.394. The van der Waals surface area contributed by atoms with Crippen molar-refractivity contribution in [2.75, 3.05) is 12.4 Å².